The van der Waals surface area contributed by atoms with Crippen molar-refractivity contribution in [2.45, 2.75) is 31.7 Å². The molecule has 156 valence electrons. The molecule has 2 atom stereocenters. The molecule has 0 amide bonds. The Morgan fingerprint density at radius 3 is 2.71 bits per heavy atom. The molecule has 1 aliphatic carbocycles. The van der Waals surface area contributed by atoms with Gasteiger partial charge >= 0.3 is 0 Å². The Balaban J connectivity index is 1.51. The molecule has 8 heteroatoms. The number of rotatable bonds is 4. The molecule has 3 heterocycles. The van der Waals surface area contributed by atoms with E-state index in [0.717, 1.165) is 27.7 Å². The molecule has 4 aromatic rings. The number of hydrogen-bond donors (Lipinski definition) is 0. The molecule has 1 aliphatic rings. The van der Waals surface area contributed by atoms with E-state index in [1.807, 2.05) is 42.1 Å². The molecule has 0 unspecified atom stereocenters. The quantitative estimate of drug-likeness (QED) is 0.491. The monoisotopic (exact) mass is 418 g/mol. The third kappa shape index (κ3) is 3.56. The van der Waals surface area contributed by atoms with Gasteiger partial charge in [0.2, 0.25) is 0 Å². The number of hydrogen-bond acceptors (Lipinski definition) is 4. The summed E-state index contributed by atoms with van der Waals surface area (Å²) in [5.74, 6) is -0.0668. The van der Waals surface area contributed by atoms with Gasteiger partial charge in [0.1, 0.15) is 24.1 Å². The van der Waals surface area contributed by atoms with E-state index in [-0.39, 0.29) is 18.8 Å². The average molecular weight is 418 g/mol. The fraction of sp³-hybridized carbons (Fsp3) is 0.304. The summed E-state index contributed by atoms with van der Waals surface area (Å²) in [6.45, 7) is 0.472. The lowest BCUT2D eigenvalue weighted by atomic mass is 10.0. The highest BCUT2D eigenvalue weighted by Crippen LogP contribution is 2.34. The first-order chi connectivity index (χ1) is 15.0. The molecule has 0 saturated heterocycles. The van der Waals surface area contributed by atoms with Gasteiger partial charge in [-0.3, -0.25) is 4.68 Å². The predicted octanol–water partition coefficient (Wildman–Crippen LogP) is 4.46. The lowest BCUT2D eigenvalue weighted by molar-refractivity contribution is 0.199. The Hall–Kier alpha value is -3.60. The summed E-state index contributed by atoms with van der Waals surface area (Å²) in [4.78, 5) is 8.97. The smallest absolute Gasteiger partial charge is 0.141 e. The fourth-order valence-electron chi connectivity index (χ4n) is 4.30. The normalized spacial score (nSPS) is 19.2. The van der Waals surface area contributed by atoms with E-state index in [4.69, 9.17) is 0 Å². The maximum Gasteiger partial charge on any atom is 0.141 e. The molecule has 6 nitrogen and oxygen atoms in total. The summed E-state index contributed by atoms with van der Waals surface area (Å²) in [6.07, 6.45) is 3.04. The van der Waals surface area contributed by atoms with E-state index in [9.17, 15) is 14.0 Å². The number of nitrogens with zero attached hydrogens (tertiary/aromatic N) is 6. The Morgan fingerprint density at radius 2 is 1.94 bits per heavy atom. The second-order valence-corrected chi connectivity index (χ2v) is 8.08. The van der Waals surface area contributed by atoms with Crippen LogP contribution in [0.1, 0.15) is 18.5 Å². The summed E-state index contributed by atoms with van der Waals surface area (Å²) in [6, 6.07) is 11.5. The molecule has 1 fully saturated rings. The van der Waals surface area contributed by atoms with E-state index < -0.39 is 12.3 Å². The van der Waals surface area contributed by atoms with Crippen LogP contribution in [0, 0.1) is 17.2 Å². The first-order valence-corrected chi connectivity index (χ1v) is 10.2. The van der Waals surface area contributed by atoms with Gasteiger partial charge in [0.05, 0.1) is 29.3 Å². The summed E-state index contributed by atoms with van der Waals surface area (Å²) in [5, 5.41) is 13.7. The minimum absolute atomic E-state index is 0.0668. The highest BCUT2D eigenvalue weighted by molar-refractivity contribution is 5.86. The topological polar surface area (TPSA) is 72.3 Å². The van der Waals surface area contributed by atoms with Gasteiger partial charge in [0.15, 0.2) is 0 Å². The SMILES string of the molecule is Cn1cnc2cc(-c3nc(C#N)ccc3-c3cnn(CC4C[C@H](F)[C@@H](F)C4)c3)ccc21. The van der Waals surface area contributed by atoms with Crippen molar-refractivity contribution < 1.29 is 8.78 Å². The van der Waals surface area contributed by atoms with Gasteiger partial charge in [0.25, 0.3) is 0 Å². The van der Waals surface area contributed by atoms with Gasteiger partial charge in [-0.2, -0.15) is 10.4 Å². The number of imidazole rings is 1. The van der Waals surface area contributed by atoms with Crippen molar-refractivity contribution >= 4 is 11.0 Å². The van der Waals surface area contributed by atoms with Gasteiger partial charge in [-0.05, 0) is 43.0 Å². The zero-order valence-corrected chi connectivity index (χ0v) is 16.9. The maximum absolute atomic E-state index is 13.5. The van der Waals surface area contributed by atoms with Crippen molar-refractivity contribution in [2.75, 3.05) is 0 Å². The number of pyridine rings is 1. The van der Waals surface area contributed by atoms with Crippen LogP contribution in [-0.2, 0) is 13.6 Å². The van der Waals surface area contributed by atoms with Crippen LogP contribution in [0.25, 0.3) is 33.4 Å². The van der Waals surface area contributed by atoms with Crippen molar-refractivity contribution in [3.63, 3.8) is 0 Å². The highest BCUT2D eigenvalue weighted by Gasteiger charge is 2.34. The molecule has 0 N–H and O–H groups in total. The summed E-state index contributed by atoms with van der Waals surface area (Å²) in [5.41, 5.74) is 5.35. The average Bonchev–Trinajstić information content (AvgIpc) is 3.47. The van der Waals surface area contributed by atoms with Crippen molar-refractivity contribution in [3.8, 4) is 28.5 Å². The Labute approximate surface area is 177 Å². The van der Waals surface area contributed by atoms with Crippen LogP contribution in [-0.4, -0.2) is 36.7 Å². The number of fused-ring (bicyclic) bond motifs is 1. The molecular weight excluding hydrogens is 398 g/mol. The second kappa shape index (κ2) is 7.58. The van der Waals surface area contributed by atoms with Gasteiger partial charge < -0.3 is 4.57 Å². The number of nitriles is 1. The van der Waals surface area contributed by atoms with E-state index in [1.54, 1.807) is 23.3 Å². The molecule has 1 saturated carbocycles. The number of aromatic nitrogens is 5. The number of halogens is 2. The highest BCUT2D eigenvalue weighted by atomic mass is 19.2. The zero-order valence-electron chi connectivity index (χ0n) is 16.9. The van der Waals surface area contributed by atoms with Crippen LogP contribution in [0.5, 0.6) is 0 Å². The van der Waals surface area contributed by atoms with Crippen LogP contribution in [0.4, 0.5) is 8.78 Å². The second-order valence-electron chi connectivity index (χ2n) is 8.08. The van der Waals surface area contributed by atoms with E-state index >= 15 is 0 Å². The van der Waals surface area contributed by atoms with Crippen molar-refractivity contribution in [3.05, 3.63) is 54.7 Å². The standard InChI is InChI=1S/C23H20F2N6/c1-30-13-27-21-8-15(2-5-22(21)30)23-18(4-3-17(9-26)29-23)16-10-28-31(12-16)11-14-6-19(24)20(25)7-14/h2-5,8,10,12-14,19-20H,6-7,11H2,1H3/t19-,20-/m0/s1. The van der Waals surface area contributed by atoms with Crippen LogP contribution >= 0.6 is 0 Å². The Bertz CT molecular complexity index is 1290. The molecule has 1 aromatic carbocycles. The maximum atomic E-state index is 13.5. The number of alkyl halides is 2. The summed E-state index contributed by atoms with van der Waals surface area (Å²) in [7, 11) is 1.93. The Morgan fingerprint density at radius 1 is 1.13 bits per heavy atom. The molecule has 5 rings (SSSR count). The molecule has 31 heavy (non-hydrogen) atoms. The first kappa shape index (κ1) is 19.4. The van der Waals surface area contributed by atoms with Gasteiger partial charge in [-0.1, -0.05) is 6.07 Å². The van der Waals surface area contributed by atoms with E-state index in [2.05, 4.69) is 21.1 Å². The lowest BCUT2D eigenvalue weighted by Crippen LogP contribution is -2.08. The minimum Gasteiger partial charge on any atom is -0.334 e. The molecule has 3 aromatic heterocycles. The van der Waals surface area contributed by atoms with Crippen molar-refractivity contribution in [1.82, 2.24) is 24.3 Å². The summed E-state index contributed by atoms with van der Waals surface area (Å²) < 4.78 is 30.7. The van der Waals surface area contributed by atoms with E-state index in [1.165, 1.54) is 0 Å². The van der Waals surface area contributed by atoms with Crippen LogP contribution in [0.15, 0.2) is 49.1 Å². The zero-order chi connectivity index (χ0) is 21.5. The van der Waals surface area contributed by atoms with Crippen LogP contribution < -0.4 is 0 Å². The predicted molar refractivity (Wildman–Crippen MR) is 112 cm³/mol. The Kier molecular flexibility index (Phi) is 4.74. The molecule has 0 bridgehead atoms. The largest absolute Gasteiger partial charge is 0.334 e. The van der Waals surface area contributed by atoms with Gasteiger partial charge in [-0.25, -0.2) is 18.7 Å². The van der Waals surface area contributed by atoms with Crippen LogP contribution in [0.3, 0.4) is 0 Å². The first-order valence-electron chi connectivity index (χ1n) is 10.2. The fourth-order valence-corrected chi connectivity index (χ4v) is 4.30. The van der Waals surface area contributed by atoms with Crippen molar-refractivity contribution in [1.29, 1.82) is 5.26 Å². The van der Waals surface area contributed by atoms with Gasteiger partial charge in [-0.15, -0.1) is 0 Å². The number of aryl methyl sites for hydroxylation is 1. The van der Waals surface area contributed by atoms with Crippen LogP contribution in [0.2, 0.25) is 0 Å². The minimum atomic E-state index is -1.38. The number of benzene rings is 1. The van der Waals surface area contributed by atoms with Gasteiger partial charge in [0, 0.05) is 36.5 Å². The van der Waals surface area contributed by atoms with Crippen molar-refractivity contribution in [2.24, 2.45) is 13.0 Å². The molecule has 0 aliphatic heterocycles. The molecule has 0 spiro atoms. The molecular formula is C23H20F2N6. The molecule has 0 radical (unpaired) electrons. The summed E-state index contributed by atoms with van der Waals surface area (Å²) >= 11 is 0. The third-order valence-corrected chi connectivity index (χ3v) is 5.91. The lowest BCUT2D eigenvalue weighted by Gasteiger charge is -2.09. The van der Waals surface area contributed by atoms with E-state index in [0.29, 0.717) is 17.9 Å². The third-order valence-electron chi connectivity index (χ3n) is 5.91.